The number of hydrogen-bond donors (Lipinski definition) is 3. The van der Waals surface area contributed by atoms with Gasteiger partial charge in [0.25, 0.3) is 5.82 Å². The van der Waals surface area contributed by atoms with Crippen molar-refractivity contribution in [2.75, 3.05) is 6.61 Å². The minimum Gasteiger partial charge on any atom is -0.711 e. The fraction of sp³-hybridized carbons (Fsp3) is 0.333. The molecular formula is C18H19BrN4O5. The summed E-state index contributed by atoms with van der Waals surface area (Å²) in [7, 11) is 0. The lowest BCUT2D eigenvalue weighted by atomic mass is 9.83. The number of carbonyl (C=O) groups excluding carboxylic acids is 3. The van der Waals surface area contributed by atoms with Crippen molar-refractivity contribution in [2.45, 2.75) is 26.3 Å². The van der Waals surface area contributed by atoms with Gasteiger partial charge in [0.05, 0.1) is 6.61 Å². The van der Waals surface area contributed by atoms with Gasteiger partial charge in [0.15, 0.2) is 0 Å². The number of aliphatic hydroxyl groups is 1. The number of imidazole rings is 1. The molecule has 1 aliphatic rings. The smallest absolute Gasteiger partial charge is 0.328 e. The number of halogens is 1. The summed E-state index contributed by atoms with van der Waals surface area (Å²) in [6.07, 6.45) is 0. The molecule has 0 saturated carbocycles. The molecule has 1 aromatic heterocycles. The summed E-state index contributed by atoms with van der Waals surface area (Å²) >= 11 is 3.37. The van der Waals surface area contributed by atoms with Gasteiger partial charge in [0.1, 0.15) is 29.8 Å². The molecule has 10 heteroatoms. The molecule has 0 spiro atoms. The van der Waals surface area contributed by atoms with Crippen LogP contribution in [0.3, 0.4) is 0 Å². The molecule has 2 heterocycles. The van der Waals surface area contributed by atoms with Gasteiger partial charge in [-0.05, 0) is 17.7 Å². The van der Waals surface area contributed by atoms with E-state index in [0.29, 0.717) is 26.2 Å². The van der Waals surface area contributed by atoms with Crippen molar-refractivity contribution in [3.05, 3.63) is 56.7 Å². The molecule has 3 rings (SSSR count). The monoisotopic (exact) mass is 450 g/mol. The van der Waals surface area contributed by atoms with Crippen LogP contribution in [0.5, 0.6) is 0 Å². The Labute approximate surface area is 169 Å². The summed E-state index contributed by atoms with van der Waals surface area (Å²) in [4.78, 5) is 36.7. The molecule has 3 N–H and O–H groups in total. The van der Waals surface area contributed by atoms with Crippen molar-refractivity contribution in [1.29, 1.82) is 0 Å². The molecule has 0 unspecified atom stereocenters. The van der Waals surface area contributed by atoms with Crippen LogP contribution in [0.4, 0.5) is 4.79 Å². The quantitative estimate of drug-likeness (QED) is 0.349. The summed E-state index contributed by atoms with van der Waals surface area (Å²) in [6.45, 7) is 3.25. The molecule has 148 valence electrons. The first-order valence-electron chi connectivity index (χ1n) is 8.57. The number of urea groups is 1. The van der Waals surface area contributed by atoms with Crippen molar-refractivity contribution in [3.63, 3.8) is 0 Å². The molecule has 0 bridgehead atoms. The van der Waals surface area contributed by atoms with Gasteiger partial charge in [-0.2, -0.15) is 0 Å². The lowest BCUT2D eigenvalue weighted by Gasteiger charge is -2.27. The normalized spacial score (nSPS) is 16.1. The number of amides is 4. The molecule has 28 heavy (non-hydrogen) atoms. The topological polar surface area (TPSA) is 127 Å². The van der Waals surface area contributed by atoms with E-state index in [1.165, 1.54) is 0 Å². The Bertz CT molecular complexity index is 951. The van der Waals surface area contributed by atoms with Crippen molar-refractivity contribution >= 4 is 33.8 Å². The van der Waals surface area contributed by atoms with Crippen molar-refractivity contribution in [3.8, 4) is 0 Å². The Morgan fingerprint density at radius 1 is 1.25 bits per heavy atom. The second-order valence-corrected chi connectivity index (χ2v) is 7.43. The van der Waals surface area contributed by atoms with Crippen LogP contribution in [0, 0.1) is 25.0 Å². The Balaban J connectivity index is 2.27. The zero-order chi connectivity index (χ0) is 20.6. The van der Waals surface area contributed by atoms with Crippen molar-refractivity contribution in [1.82, 2.24) is 15.2 Å². The van der Waals surface area contributed by atoms with Crippen LogP contribution in [0.15, 0.2) is 28.7 Å². The van der Waals surface area contributed by atoms with E-state index in [9.17, 15) is 24.7 Å². The average molecular weight is 451 g/mol. The van der Waals surface area contributed by atoms with E-state index in [1.807, 2.05) is 0 Å². The standard InChI is InChI=1S/C18H19BrN4O5/c1-9-10(2)23(28)17(22(9)6-7-24)13(11-4-3-5-12(19)8-11)14-15(25)20-18(27)21-16(14)26/h3-5,8,13-14,24H,6-7H2,1-2H3,(H2,20,21,25,26,27)/t13-/m1/s1. The van der Waals surface area contributed by atoms with E-state index in [4.69, 9.17) is 0 Å². The number of hydrogen-bond acceptors (Lipinski definition) is 5. The third-order valence-electron chi connectivity index (χ3n) is 4.90. The number of aliphatic hydroxyl groups excluding tert-OH is 1. The second kappa shape index (κ2) is 7.72. The second-order valence-electron chi connectivity index (χ2n) is 6.52. The highest BCUT2D eigenvalue weighted by Crippen LogP contribution is 2.34. The molecule has 2 aromatic rings. The van der Waals surface area contributed by atoms with Crippen molar-refractivity contribution in [2.24, 2.45) is 5.92 Å². The van der Waals surface area contributed by atoms with Gasteiger partial charge in [-0.25, -0.2) is 14.1 Å². The number of rotatable bonds is 5. The number of nitrogens with zero attached hydrogens (tertiary/aromatic N) is 2. The predicted octanol–water partition coefficient (Wildman–Crippen LogP) is 0.607. The molecular weight excluding hydrogens is 432 g/mol. The van der Waals surface area contributed by atoms with E-state index in [1.54, 1.807) is 42.7 Å². The van der Waals surface area contributed by atoms with Gasteiger partial charge in [-0.3, -0.25) is 20.2 Å². The number of carbonyl (C=O) groups is 3. The Kier molecular flexibility index (Phi) is 5.52. The highest BCUT2D eigenvalue weighted by Gasteiger charge is 2.47. The lowest BCUT2D eigenvalue weighted by molar-refractivity contribution is -0.621. The van der Waals surface area contributed by atoms with E-state index in [0.717, 1.165) is 0 Å². The molecule has 1 fully saturated rings. The zero-order valence-corrected chi connectivity index (χ0v) is 16.8. The van der Waals surface area contributed by atoms with Gasteiger partial charge < -0.3 is 10.3 Å². The number of imide groups is 2. The van der Waals surface area contributed by atoms with Crippen LogP contribution >= 0.6 is 15.9 Å². The van der Waals surface area contributed by atoms with Gasteiger partial charge in [0.2, 0.25) is 11.8 Å². The summed E-state index contributed by atoms with van der Waals surface area (Å²) < 4.78 is 2.98. The molecule has 0 aliphatic carbocycles. The van der Waals surface area contributed by atoms with Gasteiger partial charge in [0, 0.05) is 18.3 Å². The summed E-state index contributed by atoms with van der Waals surface area (Å²) in [5.41, 5.74) is 1.56. The van der Waals surface area contributed by atoms with E-state index >= 15 is 0 Å². The number of barbiturate groups is 1. The minimum atomic E-state index is -1.33. The molecule has 1 saturated heterocycles. The SMILES string of the molecule is Cc1c(C)[n+]([O-])c([C@H](c2cccc(Br)c2)C2C(=O)NC(=O)NC2=O)n1CCO. The first-order valence-corrected chi connectivity index (χ1v) is 9.36. The summed E-state index contributed by atoms with van der Waals surface area (Å²) in [5.74, 6) is -3.73. The molecule has 0 radical (unpaired) electrons. The third-order valence-corrected chi connectivity index (χ3v) is 5.39. The fourth-order valence-electron chi connectivity index (χ4n) is 3.50. The van der Waals surface area contributed by atoms with Gasteiger partial charge >= 0.3 is 6.03 Å². The highest BCUT2D eigenvalue weighted by atomic mass is 79.9. The van der Waals surface area contributed by atoms with E-state index in [-0.39, 0.29) is 19.0 Å². The number of aromatic nitrogens is 2. The Morgan fingerprint density at radius 3 is 2.46 bits per heavy atom. The molecule has 1 aromatic carbocycles. The van der Waals surface area contributed by atoms with Crippen LogP contribution in [0.25, 0.3) is 0 Å². The largest absolute Gasteiger partial charge is 0.711 e. The van der Waals surface area contributed by atoms with E-state index < -0.39 is 29.7 Å². The number of nitrogens with one attached hydrogen (secondary N) is 2. The van der Waals surface area contributed by atoms with E-state index in [2.05, 4.69) is 26.6 Å². The molecule has 4 amide bonds. The summed E-state index contributed by atoms with van der Waals surface area (Å²) in [5, 5.41) is 26.6. The average Bonchev–Trinajstić information content (AvgIpc) is 2.83. The maximum Gasteiger partial charge on any atom is 0.328 e. The molecule has 1 aliphatic heterocycles. The van der Waals surface area contributed by atoms with Crippen LogP contribution < -0.4 is 15.4 Å². The first kappa shape index (κ1) is 20.0. The zero-order valence-electron chi connectivity index (χ0n) is 15.2. The van der Waals surface area contributed by atoms with Crippen LogP contribution in [0.2, 0.25) is 0 Å². The first-order chi connectivity index (χ1) is 13.3. The summed E-state index contributed by atoms with van der Waals surface area (Å²) in [6, 6.07) is 6.02. The van der Waals surface area contributed by atoms with Gasteiger partial charge in [-0.1, -0.05) is 28.1 Å². The van der Waals surface area contributed by atoms with Gasteiger partial charge in [-0.15, -0.1) is 0 Å². The Hall–Kier alpha value is -2.72. The van der Waals surface area contributed by atoms with Crippen LogP contribution in [-0.2, 0) is 16.1 Å². The van der Waals surface area contributed by atoms with Crippen LogP contribution in [0.1, 0.15) is 28.7 Å². The Morgan fingerprint density at radius 2 is 1.89 bits per heavy atom. The number of benzene rings is 1. The molecule has 9 nitrogen and oxygen atoms in total. The third kappa shape index (κ3) is 3.40. The maximum atomic E-state index is 13.0. The van der Waals surface area contributed by atoms with Crippen LogP contribution in [-0.4, -0.2) is 34.1 Å². The van der Waals surface area contributed by atoms with Crippen molar-refractivity contribution < 1.29 is 24.2 Å². The highest BCUT2D eigenvalue weighted by molar-refractivity contribution is 9.10. The maximum absolute atomic E-state index is 13.0. The molecule has 1 atom stereocenters. The minimum absolute atomic E-state index is 0.122. The fourth-order valence-corrected chi connectivity index (χ4v) is 3.91. The predicted molar refractivity (Wildman–Crippen MR) is 101 cm³/mol. The lowest BCUT2D eigenvalue weighted by Crippen LogP contribution is -2.58.